The first-order valence-electron chi connectivity index (χ1n) is 8.91. The Morgan fingerprint density at radius 3 is 2.63 bits per heavy atom. The second-order valence-corrected chi connectivity index (χ2v) is 6.85. The number of aliphatic imine (C=N–C) groups is 1. The van der Waals surface area contributed by atoms with Crippen LogP contribution in [0.2, 0.25) is 0 Å². The topological polar surface area (TPSA) is 51.3 Å². The number of aryl methyl sites for hydroxylation is 1. The fraction of sp³-hybridized carbons (Fsp3) is 0.130. The van der Waals surface area contributed by atoms with Crippen molar-refractivity contribution in [3.8, 4) is 22.4 Å². The van der Waals surface area contributed by atoms with Crippen molar-refractivity contribution in [3.63, 3.8) is 0 Å². The van der Waals surface area contributed by atoms with Crippen LogP contribution in [0.25, 0.3) is 28.1 Å². The number of benzene rings is 2. The molecule has 0 saturated heterocycles. The summed E-state index contributed by atoms with van der Waals surface area (Å²) in [5.74, 6) is -0.0249. The van der Waals surface area contributed by atoms with Gasteiger partial charge in [0.25, 0.3) is 0 Å². The van der Waals surface area contributed by atoms with Crippen LogP contribution in [0.4, 0.5) is 10.1 Å². The Morgan fingerprint density at radius 1 is 1.00 bits per heavy atom. The molecule has 0 aliphatic carbocycles. The van der Waals surface area contributed by atoms with E-state index in [-0.39, 0.29) is 11.7 Å². The van der Waals surface area contributed by atoms with Gasteiger partial charge in [-0.1, -0.05) is 25.1 Å². The zero-order valence-corrected chi connectivity index (χ0v) is 15.3. The highest BCUT2D eigenvalue weighted by Gasteiger charge is 2.14. The standard InChI is InChI=1S/C23H20FN3/c1-14-10-21(25)19-12-16(6-8-22(19)27-13-14)18-4-3-9-26-23(18)17-5-7-20(24)15(2)11-17/h3-14H,25H2,1-2H3. The average molecular weight is 357 g/mol. The van der Waals surface area contributed by atoms with Gasteiger partial charge in [0.15, 0.2) is 0 Å². The van der Waals surface area contributed by atoms with Gasteiger partial charge in [-0.15, -0.1) is 0 Å². The minimum absolute atomic E-state index is 0.192. The summed E-state index contributed by atoms with van der Waals surface area (Å²) < 4.78 is 13.7. The molecule has 1 unspecified atom stereocenters. The van der Waals surface area contributed by atoms with E-state index in [2.05, 4.69) is 16.9 Å². The fourth-order valence-electron chi connectivity index (χ4n) is 3.32. The summed E-state index contributed by atoms with van der Waals surface area (Å²) in [4.78, 5) is 9.10. The SMILES string of the molecule is Cc1cc(-c2ncccc2-c2ccc3c(c2)C(N)=CC(C)C=N3)ccc1F. The number of pyridine rings is 1. The summed E-state index contributed by atoms with van der Waals surface area (Å²) in [6, 6.07) is 15.0. The largest absolute Gasteiger partial charge is 0.398 e. The van der Waals surface area contributed by atoms with Gasteiger partial charge in [0, 0.05) is 40.7 Å². The number of hydrogen-bond acceptors (Lipinski definition) is 3. The van der Waals surface area contributed by atoms with Crippen LogP contribution in [0.3, 0.4) is 0 Å². The quantitative estimate of drug-likeness (QED) is 0.657. The number of hydrogen-bond donors (Lipinski definition) is 1. The molecule has 0 saturated carbocycles. The molecule has 0 spiro atoms. The second kappa shape index (κ2) is 6.80. The van der Waals surface area contributed by atoms with E-state index in [1.165, 1.54) is 6.07 Å². The van der Waals surface area contributed by atoms with E-state index < -0.39 is 0 Å². The van der Waals surface area contributed by atoms with Crippen molar-refractivity contribution in [1.82, 2.24) is 4.98 Å². The van der Waals surface area contributed by atoms with Crippen LogP contribution in [0.1, 0.15) is 18.1 Å². The van der Waals surface area contributed by atoms with Gasteiger partial charge >= 0.3 is 0 Å². The van der Waals surface area contributed by atoms with E-state index in [1.54, 1.807) is 19.2 Å². The monoisotopic (exact) mass is 357 g/mol. The molecule has 2 N–H and O–H groups in total. The van der Waals surface area contributed by atoms with Crippen molar-refractivity contribution in [1.29, 1.82) is 0 Å². The zero-order chi connectivity index (χ0) is 19.0. The first-order valence-corrected chi connectivity index (χ1v) is 8.91. The molecule has 0 amide bonds. The van der Waals surface area contributed by atoms with E-state index in [1.807, 2.05) is 48.7 Å². The number of aromatic nitrogens is 1. The maximum atomic E-state index is 13.7. The van der Waals surface area contributed by atoms with E-state index >= 15 is 0 Å². The summed E-state index contributed by atoms with van der Waals surface area (Å²) in [5, 5.41) is 0. The Labute approximate surface area is 158 Å². The summed E-state index contributed by atoms with van der Waals surface area (Å²) in [5.41, 5.74) is 13.1. The normalized spacial score (nSPS) is 15.8. The van der Waals surface area contributed by atoms with Gasteiger partial charge in [0.2, 0.25) is 0 Å². The molecule has 1 aromatic heterocycles. The lowest BCUT2D eigenvalue weighted by Crippen LogP contribution is -1.99. The van der Waals surface area contributed by atoms with Crippen molar-refractivity contribution in [3.05, 3.63) is 77.7 Å². The molecule has 4 rings (SSSR count). The molecule has 1 aliphatic rings. The first-order chi connectivity index (χ1) is 13.0. The summed E-state index contributed by atoms with van der Waals surface area (Å²) in [6.07, 6.45) is 5.66. The highest BCUT2D eigenvalue weighted by Crippen LogP contribution is 2.35. The third-order valence-electron chi connectivity index (χ3n) is 4.75. The number of fused-ring (bicyclic) bond motifs is 1. The molecule has 1 atom stereocenters. The van der Waals surface area contributed by atoms with Crippen molar-refractivity contribution in [2.24, 2.45) is 16.6 Å². The molecule has 2 aromatic carbocycles. The molecule has 4 heteroatoms. The Morgan fingerprint density at radius 2 is 1.81 bits per heavy atom. The second-order valence-electron chi connectivity index (χ2n) is 6.85. The number of nitrogens with two attached hydrogens (primary N) is 1. The molecule has 2 heterocycles. The third kappa shape index (κ3) is 3.26. The Bertz CT molecular complexity index is 1080. The van der Waals surface area contributed by atoms with Crippen LogP contribution in [-0.2, 0) is 0 Å². The van der Waals surface area contributed by atoms with E-state index in [0.717, 1.165) is 39.3 Å². The molecular formula is C23H20FN3. The fourth-order valence-corrected chi connectivity index (χ4v) is 3.32. The van der Waals surface area contributed by atoms with Crippen molar-refractivity contribution in [2.45, 2.75) is 13.8 Å². The lowest BCUT2D eigenvalue weighted by atomic mass is 9.95. The highest BCUT2D eigenvalue weighted by molar-refractivity contribution is 5.87. The van der Waals surface area contributed by atoms with Crippen LogP contribution in [0, 0.1) is 18.7 Å². The molecule has 27 heavy (non-hydrogen) atoms. The minimum Gasteiger partial charge on any atom is -0.398 e. The minimum atomic E-state index is -0.217. The highest BCUT2D eigenvalue weighted by atomic mass is 19.1. The number of nitrogens with zero attached hydrogens (tertiary/aromatic N) is 2. The van der Waals surface area contributed by atoms with Gasteiger partial charge in [-0.2, -0.15) is 0 Å². The third-order valence-corrected chi connectivity index (χ3v) is 4.75. The van der Waals surface area contributed by atoms with Gasteiger partial charge in [0.05, 0.1) is 11.4 Å². The lowest BCUT2D eigenvalue weighted by Gasteiger charge is -2.12. The van der Waals surface area contributed by atoms with Gasteiger partial charge in [-0.25, -0.2) is 4.39 Å². The maximum Gasteiger partial charge on any atom is 0.126 e. The van der Waals surface area contributed by atoms with Gasteiger partial charge in [0.1, 0.15) is 5.82 Å². The number of halogens is 1. The average Bonchev–Trinajstić information content (AvgIpc) is 2.82. The van der Waals surface area contributed by atoms with E-state index in [4.69, 9.17) is 5.73 Å². The van der Waals surface area contributed by atoms with Crippen LogP contribution in [0.15, 0.2) is 65.8 Å². The smallest absolute Gasteiger partial charge is 0.126 e. The lowest BCUT2D eigenvalue weighted by molar-refractivity contribution is 0.619. The van der Waals surface area contributed by atoms with E-state index in [9.17, 15) is 4.39 Å². The summed E-state index contributed by atoms with van der Waals surface area (Å²) >= 11 is 0. The molecule has 0 bridgehead atoms. The predicted molar refractivity (Wildman–Crippen MR) is 109 cm³/mol. The molecule has 0 fully saturated rings. The maximum absolute atomic E-state index is 13.7. The molecule has 1 aliphatic heterocycles. The van der Waals surface area contributed by atoms with Gasteiger partial charge in [-0.3, -0.25) is 9.98 Å². The van der Waals surface area contributed by atoms with Crippen molar-refractivity contribution >= 4 is 17.6 Å². The van der Waals surface area contributed by atoms with E-state index in [0.29, 0.717) is 5.56 Å². The molecule has 3 nitrogen and oxygen atoms in total. The zero-order valence-electron chi connectivity index (χ0n) is 15.3. The Balaban J connectivity index is 1.87. The van der Waals surface area contributed by atoms with Crippen molar-refractivity contribution < 1.29 is 4.39 Å². The molecule has 3 aromatic rings. The number of allylic oxidation sites excluding steroid dienone is 1. The van der Waals surface area contributed by atoms with Crippen LogP contribution in [-0.4, -0.2) is 11.2 Å². The molecule has 134 valence electrons. The first kappa shape index (κ1) is 17.2. The summed E-state index contributed by atoms with van der Waals surface area (Å²) in [7, 11) is 0. The van der Waals surface area contributed by atoms with Crippen LogP contribution in [0.5, 0.6) is 0 Å². The van der Waals surface area contributed by atoms with Crippen LogP contribution >= 0.6 is 0 Å². The molecule has 0 radical (unpaired) electrons. The predicted octanol–water partition coefficient (Wildman–Crippen LogP) is 5.51. The Kier molecular flexibility index (Phi) is 4.32. The van der Waals surface area contributed by atoms with Gasteiger partial charge < -0.3 is 5.73 Å². The van der Waals surface area contributed by atoms with Crippen LogP contribution < -0.4 is 5.73 Å². The molecular weight excluding hydrogens is 337 g/mol. The Hall–Kier alpha value is -3.27. The summed E-state index contributed by atoms with van der Waals surface area (Å²) in [6.45, 7) is 3.81. The number of rotatable bonds is 2. The van der Waals surface area contributed by atoms with Crippen molar-refractivity contribution in [2.75, 3.05) is 0 Å². The van der Waals surface area contributed by atoms with Gasteiger partial charge in [-0.05, 0) is 54.4 Å².